The van der Waals surface area contributed by atoms with Gasteiger partial charge in [0.25, 0.3) is 15.9 Å². The molecule has 0 unspecified atom stereocenters. The van der Waals surface area contributed by atoms with Crippen molar-refractivity contribution in [3.63, 3.8) is 0 Å². The zero-order valence-electron chi connectivity index (χ0n) is 15.7. The van der Waals surface area contributed by atoms with E-state index < -0.39 is 15.9 Å². The van der Waals surface area contributed by atoms with E-state index in [9.17, 15) is 13.2 Å². The van der Waals surface area contributed by atoms with Crippen LogP contribution in [0.5, 0.6) is 5.75 Å². The fraction of sp³-hybridized carbons (Fsp3) is 0.100. The van der Waals surface area contributed by atoms with E-state index in [0.29, 0.717) is 17.0 Å². The lowest BCUT2D eigenvalue weighted by molar-refractivity contribution is 0.0955. The molecule has 0 aliphatic carbocycles. The molecule has 2 N–H and O–H groups in total. The first-order valence-corrected chi connectivity index (χ1v) is 10.9. The van der Waals surface area contributed by atoms with Crippen LogP contribution < -0.4 is 14.9 Å². The summed E-state index contributed by atoms with van der Waals surface area (Å²) in [6, 6.07) is 16.6. The smallest absolute Gasteiger partial charge is 0.271 e. The minimum Gasteiger partial charge on any atom is -0.497 e. The van der Waals surface area contributed by atoms with Gasteiger partial charge in [-0.3, -0.25) is 9.52 Å². The highest BCUT2D eigenvalue weighted by molar-refractivity contribution is 7.94. The normalized spacial score (nSPS) is 11.7. The Morgan fingerprint density at radius 1 is 1.00 bits per heavy atom. The molecule has 0 aliphatic rings. The van der Waals surface area contributed by atoms with Crippen molar-refractivity contribution in [2.45, 2.75) is 11.1 Å². The molecule has 0 fully saturated rings. The second-order valence-electron chi connectivity index (χ2n) is 5.98. The van der Waals surface area contributed by atoms with E-state index in [2.05, 4.69) is 15.2 Å². The van der Waals surface area contributed by atoms with Crippen molar-refractivity contribution < 1.29 is 17.9 Å². The van der Waals surface area contributed by atoms with Crippen LogP contribution >= 0.6 is 11.3 Å². The van der Waals surface area contributed by atoms with E-state index in [4.69, 9.17) is 4.74 Å². The van der Waals surface area contributed by atoms with Crippen LogP contribution in [-0.2, 0) is 10.0 Å². The Balaban J connectivity index is 1.64. The zero-order chi connectivity index (χ0) is 20.9. The molecule has 0 saturated carbocycles. The number of rotatable bonds is 7. The van der Waals surface area contributed by atoms with Crippen LogP contribution in [0.1, 0.15) is 22.8 Å². The first-order valence-electron chi connectivity index (χ1n) is 8.54. The number of thiophene rings is 1. The first-order chi connectivity index (χ1) is 13.9. The van der Waals surface area contributed by atoms with Gasteiger partial charge in [-0.25, -0.2) is 13.8 Å². The van der Waals surface area contributed by atoms with Crippen LogP contribution in [0.2, 0.25) is 0 Å². The molecule has 2 aromatic carbocycles. The summed E-state index contributed by atoms with van der Waals surface area (Å²) in [4.78, 5) is 12.3. The van der Waals surface area contributed by atoms with Crippen LogP contribution in [0, 0.1) is 0 Å². The maximum atomic E-state index is 12.3. The van der Waals surface area contributed by atoms with E-state index in [0.717, 1.165) is 22.6 Å². The third-order valence-corrected chi connectivity index (χ3v) is 6.77. The number of carbonyl (C=O) groups is 1. The van der Waals surface area contributed by atoms with Crippen molar-refractivity contribution in [2.75, 3.05) is 11.8 Å². The fourth-order valence-electron chi connectivity index (χ4n) is 2.41. The molecule has 0 bridgehead atoms. The van der Waals surface area contributed by atoms with Crippen molar-refractivity contribution in [2.24, 2.45) is 5.10 Å². The molecule has 0 radical (unpaired) electrons. The molecular formula is C20H19N3O4S2. The van der Waals surface area contributed by atoms with Crippen molar-refractivity contribution in [1.29, 1.82) is 0 Å². The summed E-state index contributed by atoms with van der Waals surface area (Å²) in [7, 11) is -2.03. The second kappa shape index (κ2) is 8.89. The monoisotopic (exact) mass is 429 g/mol. The van der Waals surface area contributed by atoms with Crippen LogP contribution in [-0.4, -0.2) is 27.1 Å². The van der Waals surface area contributed by atoms with Crippen molar-refractivity contribution >= 4 is 38.7 Å². The van der Waals surface area contributed by atoms with Crippen molar-refractivity contribution in [1.82, 2.24) is 5.43 Å². The van der Waals surface area contributed by atoms with Gasteiger partial charge in [0.05, 0.1) is 12.8 Å². The van der Waals surface area contributed by atoms with Gasteiger partial charge in [-0.1, -0.05) is 6.07 Å². The number of sulfonamides is 1. The number of hydrogen-bond donors (Lipinski definition) is 2. The maximum absolute atomic E-state index is 12.3. The number of nitrogens with one attached hydrogen (secondary N) is 2. The molecule has 0 spiro atoms. The van der Waals surface area contributed by atoms with Crippen molar-refractivity contribution in [3.8, 4) is 5.75 Å². The molecule has 0 atom stereocenters. The quantitative estimate of drug-likeness (QED) is 0.442. The summed E-state index contributed by atoms with van der Waals surface area (Å²) in [6.45, 7) is 1.78. The number of nitrogens with zero attached hydrogens (tertiary/aromatic N) is 1. The maximum Gasteiger partial charge on any atom is 0.271 e. The van der Waals surface area contributed by atoms with Crippen LogP contribution in [0.4, 0.5) is 5.69 Å². The lowest BCUT2D eigenvalue weighted by Crippen LogP contribution is -2.19. The Morgan fingerprint density at radius 3 is 2.24 bits per heavy atom. The Labute approximate surface area is 173 Å². The van der Waals surface area contributed by atoms with Gasteiger partial charge >= 0.3 is 0 Å². The van der Waals surface area contributed by atoms with Crippen molar-refractivity contribution in [3.05, 3.63) is 77.2 Å². The van der Waals surface area contributed by atoms with E-state index in [1.807, 2.05) is 24.3 Å². The number of hydrazone groups is 1. The standard InChI is InChI=1S/C20H19N3O4S2/c1-14(15-7-11-18(27-2)12-8-15)21-22-20(24)16-5-9-17(10-6-16)23-29(25,26)19-4-3-13-28-19/h3-13,23H,1-2H3,(H,22,24)/b21-14-. The summed E-state index contributed by atoms with van der Waals surface area (Å²) in [6.07, 6.45) is 0. The van der Waals surface area contributed by atoms with Crippen LogP contribution in [0.15, 0.2) is 75.4 Å². The number of anilines is 1. The largest absolute Gasteiger partial charge is 0.497 e. The average molecular weight is 430 g/mol. The number of amides is 1. The van der Waals surface area contributed by atoms with E-state index in [-0.39, 0.29) is 4.21 Å². The summed E-state index contributed by atoms with van der Waals surface area (Å²) in [5, 5.41) is 5.80. The summed E-state index contributed by atoms with van der Waals surface area (Å²) < 4.78 is 32.3. The van der Waals surface area contributed by atoms with Gasteiger partial charge in [-0.05, 0) is 72.5 Å². The molecule has 1 heterocycles. The third-order valence-electron chi connectivity index (χ3n) is 3.99. The highest BCUT2D eigenvalue weighted by Gasteiger charge is 2.15. The highest BCUT2D eigenvalue weighted by atomic mass is 32.2. The molecule has 0 saturated heterocycles. The number of carbonyl (C=O) groups excluding carboxylic acids is 1. The van der Waals surface area contributed by atoms with E-state index in [1.165, 1.54) is 30.3 Å². The fourth-order valence-corrected chi connectivity index (χ4v) is 4.46. The van der Waals surface area contributed by atoms with Crippen LogP contribution in [0.3, 0.4) is 0 Å². The van der Waals surface area contributed by atoms with Gasteiger partial charge in [0.15, 0.2) is 0 Å². The lowest BCUT2D eigenvalue weighted by Gasteiger charge is -2.07. The minimum atomic E-state index is -3.62. The molecule has 3 rings (SSSR count). The Bertz CT molecular complexity index is 1110. The highest BCUT2D eigenvalue weighted by Crippen LogP contribution is 2.20. The zero-order valence-corrected chi connectivity index (χ0v) is 17.4. The Kier molecular flexibility index (Phi) is 6.30. The number of hydrogen-bond acceptors (Lipinski definition) is 6. The van der Waals surface area contributed by atoms with E-state index in [1.54, 1.807) is 25.5 Å². The summed E-state index contributed by atoms with van der Waals surface area (Å²) in [5.41, 5.74) is 4.71. The number of ether oxygens (including phenoxy) is 1. The average Bonchev–Trinajstić information content (AvgIpc) is 3.28. The molecule has 0 aliphatic heterocycles. The summed E-state index contributed by atoms with van der Waals surface area (Å²) >= 11 is 1.13. The lowest BCUT2D eigenvalue weighted by atomic mass is 10.1. The first kappa shape index (κ1) is 20.6. The molecule has 7 nitrogen and oxygen atoms in total. The molecule has 1 amide bonds. The predicted octanol–water partition coefficient (Wildman–Crippen LogP) is 3.71. The van der Waals surface area contributed by atoms with Gasteiger partial charge in [-0.15, -0.1) is 11.3 Å². The van der Waals surface area contributed by atoms with Gasteiger partial charge in [0, 0.05) is 11.3 Å². The predicted molar refractivity (Wildman–Crippen MR) is 114 cm³/mol. The van der Waals surface area contributed by atoms with Gasteiger partial charge in [-0.2, -0.15) is 5.10 Å². The number of methoxy groups -OCH3 is 1. The van der Waals surface area contributed by atoms with Gasteiger partial charge < -0.3 is 4.74 Å². The second-order valence-corrected chi connectivity index (χ2v) is 8.84. The third kappa shape index (κ3) is 5.21. The number of benzene rings is 2. The molecular weight excluding hydrogens is 410 g/mol. The SMILES string of the molecule is COc1ccc(/C(C)=N\NC(=O)c2ccc(NS(=O)(=O)c3cccs3)cc2)cc1. The topological polar surface area (TPSA) is 96.9 Å². The van der Waals surface area contributed by atoms with Gasteiger partial charge in [0.2, 0.25) is 0 Å². The summed E-state index contributed by atoms with van der Waals surface area (Å²) in [5.74, 6) is 0.339. The van der Waals surface area contributed by atoms with Crippen LogP contribution in [0.25, 0.3) is 0 Å². The van der Waals surface area contributed by atoms with Gasteiger partial charge in [0.1, 0.15) is 9.96 Å². The molecule has 1 aromatic heterocycles. The van der Waals surface area contributed by atoms with E-state index >= 15 is 0 Å². The molecule has 3 aromatic rings. The molecule has 9 heteroatoms. The Morgan fingerprint density at radius 2 is 1.66 bits per heavy atom. The molecule has 29 heavy (non-hydrogen) atoms. The Hall–Kier alpha value is -3.17. The minimum absolute atomic E-state index is 0.225. The molecule has 150 valence electrons.